The summed E-state index contributed by atoms with van der Waals surface area (Å²) in [5, 5.41) is 2.90. The third kappa shape index (κ3) is 4.07. The van der Waals surface area contributed by atoms with Gasteiger partial charge in [-0.1, -0.05) is 24.3 Å². The molecule has 0 saturated carbocycles. The molecule has 0 aliphatic heterocycles. The Kier molecular flexibility index (Phi) is 5.15. The Morgan fingerprint density at radius 2 is 1.68 bits per heavy atom. The van der Waals surface area contributed by atoms with Crippen molar-refractivity contribution >= 4 is 5.91 Å². The molecule has 1 atom stereocenters. The van der Waals surface area contributed by atoms with Crippen LogP contribution < -0.4 is 10.1 Å². The molecule has 0 saturated heterocycles. The largest absolute Gasteiger partial charge is 0.490 e. The van der Waals surface area contributed by atoms with Gasteiger partial charge in [-0.15, -0.1) is 0 Å². The summed E-state index contributed by atoms with van der Waals surface area (Å²) in [5.74, 6) is 0.0485. The third-order valence-electron chi connectivity index (χ3n) is 3.21. The molecule has 0 bridgehead atoms. The van der Waals surface area contributed by atoms with Gasteiger partial charge in [-0.25, -0.2) is 4.39 Å². The lowest BCUT2D eigenvalue weighted by Gasteiger charge is -2.17. The van der Waals surface area contributed by atoms with Crippen molar-refractivity contribution in [3.8, 4) is 5.75 Å². The van der Waals surface area contributed by atoms with Crippen molar-refractivity contribution < 1.29 is 13.9 Å². The minimum Gasteiger partial charge on any atom is -0.490 e. The van der Waals surface area contributed by atoms with Crippen molar-refractivity contribution in [2.24, 2.45) is 0 Å². The molecule has 0 radical (unpaired) electrons. The van der Waals surface area contributed by atoms with E-state index in [1.807, 2.05) is 26.8 Å². The Bertz CT molecular complexity index is 638. The molecule has 0 heterocycles. The number of carbonyl (C=O) groups is 1. The Balaban J connectivity index is 2.13. The number of ether oxygens (including phenoxy) is 1. The SMILES string of the molecule is CC(C)Oc1ccccc1C(=O)NC(C)c1ccc(F)cc1. The van der Waals surface area contributed by atoms with Gasteiger partial charge in [-0.2, -0.15) is 0 Å². The topological polar surface area (TPSA) is 38.3 Å². The summed E-state index contributed by atoms with van der Waals surface area (Å²) >= 11 is 0. The van der Waals surface area contributed by atoms with Crippen LogP contribution in [0.2, 0.25) is 0 Å². The van der Waals surface area contributed by atoms with Crippen LogP contribution in [0.5, 0.6) is 5.75 Å². The van der Waals surface area contributed by atoms with Gasteiger partial charge in [0.25, 0.3) is 5.91 Å². The van der Waals surface area contributed by atoms with Crippen LogP contribution in [0.1, 0.15) is 42.7 Å². The smallest absolute Gasteiger partial charge is 0.255 e. The van der Waals surface area contributed by atoms with Crippen LogP contribution in [-0.4, -0.2) is 12.0 Å². The van der Waals surface area contributed by atoms with E-state index in [9.17, 15) is 9.18 Å². The lowest BCUT2D eigenvalue weighted by Crippen LogP contribution is -2.27. The van der Waals surface area contributed by atoms with Crippen LogP contribution in [0, 0.1) is 5.82 Å². The van der Waals surface area contributed by atoms with Gasteiger partial charge >= 0.3 is 0 Å². The van der Waals surface area contributed by atoms with E-state index in [0.717, 1.165) is 5.56 Å². The quantitative estimate of drug-likeness (QED) is 0.902. The molecule has 0 aliphatic carbocycles. The lowest BCUT2D eigenvalue weighted by atomic mass is 10.1. The molecular weight excluding hydrogens is 281 g/mol. The molecule has 2 aromatic carbocycles. The average molecular weight is 301 g/mol. The fraction of sp³-hybridized carbons (Fsp3) is 0.278. The predicted octanol–water partition coefficient (Wildman–Crippen LogP) is 4.10. The summed E-state index contributed by atoms with van der Waals surface area (Å²) < 4.78 is 18.6. The fourth-order valence-corrected chi connectivity index (χ4v) is 2.12. The molecule has 4 heteroatoms. The summed E-state index contributed by atoms with van der Waals surface area (Å²) in [4.78, 5) is 12.4. The Morgan fingerprint density at radius 3 is 2.32 bits per heavy atom. The van der Waals surface area contributed by atoms with Crippen LogP contribution in [0.25, 0.3) is 0 Å². The molecular formula is C18H20FNO2. The van der Waals surface area contributed by atoms with E-state index in [0.29, 0.717) is 11.3 Å². The number of hydrogen-bond acceptors (Lipinski definition) is 2. The van der Waals surface area contributed by atoms with Crippen molar-refractivity contribution in [1.29, 1.82) is 0 Å². The Morgan fingerprint density at radius 1 is 1.05 bits per heavy atom. The number of para-hydroxylation sites is 1. The van der Waals surface area contributed by atoms with Gasteiger partial charge in [0.05, 0.1) is 17.7 Å². The highest BCUT2D eigenvalue weighted by molar-refractivity contribution is 5.97. The molecule has 0 fully saturated rings. The maximum Gasteiger partial charge on any atom is 0.255 e. The number of hydrogen-bond donors (Lipinski definition) is 1. The monoisotopic (exact) mass is 301 g/mol. The molecule has 1 amide bonds. The minimum absolute atomic E-state index is 0.0107. The summed E-state index contributed by atoms with van der Waals surface area (Å²) in [6.07, 6.45) is -0.0107. The maximum atomic E-state index is 12.9. The van der Waals surface area contributed by atoms with Crippen molar-refractivity contribution in [1.82, 2.24) is 5.32 Å². The van der Waals surface area contributed by atoms with Crippen LogP contribution in [0.15, 0.2) is 48.5 Å². The summed E-state index contributed by atoms with van der Waals surface area (Å²) in [6, 6.07) is 13.0. The molecule has 0 spiro atoms. The van der Waals surface area contributed by atoms with Gasteiger partial charge in [0, 0.05) is 0 Å². The van der Waals surface area contributed by atoms with Crippen LogP contribution in [0.3, 0.4) is 0 Å². The molecule has 2 aromatic rings. The molecule has 3 nitrogen and oxygen atoms in total. The van der Waals surface area contributed by atoms with Crippen molar-refractivity contribution in [3.05, 3.63) is 65.5 Å². The van der Waals surface area contributed by atoms with Crippen molar-refractivity contribution in [3.63, 3.8) is 0 Å². The summed E-state index contributed by atoms with van der Waals surface area (Å²) in [5.41, 5.74) is 1.34. The number of rotatable bonds is 5. The van der Waals surface area contributed by atoms with Crippen LogP contribution >= 0.6 is 0 Å². The molecule has 116 valence electrons. The Hall–Kier alpha value is -2.36. The first-order chi connectivity index (χ1) is 10.5. The standard InChI is InChI=1S/C18H20FNO2/c1-12(2)22-17-7-5-4-6-16(17)18(21)20-13(3)14-8-10-15(19)11-9-14/h4-13H,1-3H3,(H,20,21). The first kappa shape index (κ1) is 16.0. The first-order valence-electron chi connectivity index (χ1n) is 7.29. The van der Waals surface area contributed by atoms with Crippen LogP contribution in [0.4, 0.5) is 4.39 Å². The molecule has 2 rings (SSSR count). The summed E-state index contributed by atoms with van der Waals surface area (Å²) in [6.45, 7) is 5.68. The highest BCUT2D eigenvalue weighted by atomic mass is 19.1. The predicted molar refractivity (Wildman–Crippen MR) is 84.5 cm³/mol. The van der Waals surface area contributed by atoms with Gasteiger partial charge in [-0.3, -0.25) is 4.79 Å². The third-order valence-corrected chi connectivity index (χ3v) is 3.21. The van der Waals surface area contributed by atoms with Crippen LogP contribution in [-0.2, 0) is 0 Å². The normalized spacial score (nSPS) is 12.0. The second-order valence-electron chi connectivity index (χ2n) is 5.41. The molecule has 1 unspecified atom stereocenters. The van der Waals surface area contributed by atoms with E-state index in [2.05, 4.69) is 5.32 Å². The number of nitrogens with one attached hydrogen (secondary N) is 1. The van der Waals surface area contributed by atoms with Crippen molar-refractivity contribution in [2.45, 2.75) is 32.9 Å². The van der Waals surface area contributed by atoms with E-state index in [-0.39, 0.29) is 23.9 Å². The van der Waals surface area contributed by atoms with Gasteiger partial charge in [0.2, 0.25) is 0 Å². The van der Waals surface area contributed by atoms with E-state index in [4.69, 9.17) is 4.74 Å². The number of amides is 1. The average Bonchev–Trinajstić information content (AvgIpc) is 2.47. The number of carbonyl (C=O) groups excluding carboxylic acids is 1. The zero-order chi connectivity index (χ0) is 16.1. The number of halogens is 1. The van der Waals surface area contributed by atoms with E-state index in [1.165, 1.54) is 12.1 Å². The maximum absolute atomic E-state index is 12.9. The van der Waals surface area contributed by atoms with Gasteiger partial charge in [0.15, 0.2) is 0 Å². The highest BCUT2D eigenvalue weighted by Gasteiger charge is 2.16. The first-order valence-corrected chi connectivity index (χ1v) is 7.29. The fourth-order valence-electron chi connectivity index (χ4n) is 2.12. The van der Waals surface area contributed by atoms with Gasteiger partial charge < -0.3 is 10.1 Å². The van der Waals surface area contributed by atoms with Crippen molar-refractivity contribution in [2.75, 3.05) is 0 Å². The highest BCUT2D eigenvalue weighted by Crippen LogP contribution is 2.21. The molecule has 22 heavy (non-hydrogen) atoms. The Labute approximate surface area is 130 Å². The van der Waals surface area contributed by atoms with E-state index < -0.39 is 0 Å². The summed E-state index contributed by atoms with van der Waals surface area (Å²) in [7, 11) is 0. The molecule has 0 aromatic heterocycles. The van der Waals surface area contributed by atoms with Gasteiger partial charge in [-0.05, 0) is 50.6 Å². The lowest BCUT2D eigenvalue weighted by molar-refractivity contribution is 0.0934. The molecule has 1 N–H and O–H groups in total. The van der Waals surface area contributed by atoms with E-state index in [1.54, 1.807) is 30.3 Å². The zero-order valence-electron chi connectivity index (χ0n) is 13.0. The van der Waals surface area contributed by atoms with Gasteiger partial charge in [0.1, 0.15) is 11.6 Å². The molecule has 0 aliphatic rings. The second-order valence-corrected chi connectivity index (χ2v) is 5.41. The van der Waals surface area contributed by atoms with E-state index >= 15 is 0 Å². The second kappa shape index (κ2) is 7.07. The minimum atomic E-state index is -0.294. The number of benzene rings is 2. The zero-order valence-corrected chi connectivity index (χ0v) is 13.0.